The maximum atomic E-state index is 13.4. The van der Waals surface area contributed by atoms with Gasteiger partial charge in [-0.25, -0.2) is 9.36 Å². The third-order valence-corrected chi connectivity index (χ3v) is 17.1. The Kier molecular flexibility index (Phi) is 38.9. The zero-order chi connectivity index (χ0) is 64.9. The molecule has 91 heavy (non-hydrogen) atoms. The molecule has 3 aromatic rings. The summed E-state index contributed by atoms with van der Waals surface area (Å²) < 4.78 is 19.8. The summed E-state index contributed by atoms with van der Waals surface area (Å²) in [6.45, 7) is 14.1. The van der Waals surface area contributed by atoms with Gasteiger partial charge in [0, 0.05) is 97.2 Å². The number of amides is 4. The number of terminal acetylenes is 1. The lowest BCUT2D eigenvalue weighted by atomic mass is 9.98. The number of nitrogens with zero attached hydrogens (tertiary/aromatic N) is 13. The van der Waals surface area contributed by atoms with Gasteiger partial charge in [0.25, 0.3) is 0 Å². The Balaban J connectivity index is 0.948. The monoisotopic (exact) mass is 1270 g/mol. The molecule has 2 saturated heterocycles. The standard InChI is InChI=1S/C65H114N18O8/c1-4-45-89-47-49-91-50-48-90-46-36-70-63-71-64(80-41-37-78(38-42-80)58(85)30-22-14-10-6-8-12-16-26-34-68-61(87)57(53-84)82-51-55(74-76-82)28-20-18-24-32-66)73-65(72-63)81-43-39-79(40-44-81)59(86)31-23-15-11-7-9-13-17-27-35-69-62(88)60(54(3)5-2)83-52-56(75-77-83)29-21-19-25-33-67/h1,51-52,54,57,60,84H,5-50,53,66-67H2,2-3H3,(H,68,87)(H,69,88)(H,70,71,72,73)/t54-,57-,60-/m0/s1. The van der Waals surface area contributed by atoms with E-state index in [1.54, 1.807) is 10.9 Å². The van der Waals surface area contributed by atoms with Crippen molar-refractivity contribution in [3.05, 3.63) is 23.8 Å². The number of unbranched alkanes of at least 4 members (excludes halogenated alkanes) is 18. The van der Waals surface area contributed by atoms with Crippen LogP contribution >= 0.6 is 0 Å². The highest BCUT2D eigenvalue weighted by Crippen LogP contribution is 2.24. The molecule has 0 aromatic carbocycles. The number of aliphatic hydroxyl groups excluding tert-OH is 1. The predicted octanol–water partition coefficient (Wildman–Crippen LogP) is 5.56. The minimum atomic E-state index is -0.790. The van der Waals surface area contributed by atoms with Gasteiger partial charge >= 0.3 is 0 Å². The molecule has 0 aliphatic carbocycles. The number of aryl methyl sites for hydroxylation is 2. The van der Waals surface area contributed by atoms with Gasteiger partial charge in [-0.1, -0.05) is 127 Å². The number of anilines is 3. The Morgan fingerprint density at radius 1 is 0.560 bits per heavy atom. The van der Waals surface area contributed by atoms with Crippen molar-refractivity contribution < 1.29 is 38.5 Å². The fourth-order valence-electron chi connectivity index (χ4n) is 11.3. The van der Waals surface area contributed by atoms with Crippen LogP contribution in [-0.2, 0) is 46.2 Å². The average molecular weight is 1280 g/mol. The molecule has 2 aliphatic rings. The van der Waals surface area contributed by atoms with E-state index in [4.69, 9.17) is 47.1 Å². The van der Waals surface area contributed by atoms with Crippen LogP contribution in [0.2, 0.25) is 0 Å². The van der Waals surface area contributed by atoms with E-state index < -0.39 is 6.04 Å². The molecule has 26 heteroatoms. The maximum Gasteiger partial charge on any atom is 0.247 e. The number of piperazine rings is 2. The van der Waals surface area contributed by atoms with E-state index in [-0.39, 0.29) is 48.8 Å². The van der Waals surface area contributed by atoms with Crippen LogP contribution in [0.15, 0.2) is 12.4 Å². The molecule has 2 aliphatic heterocycles. The normalized spacial score (nSPS) is 14.5. The lowest BCUT2D eigenvalue weighted by Gasteiger charge is -2.36. The molecular formula is C65H114N18O8. The van der Waals surface area contributed by atoms with Gasteiger partial charge in [-0.15, -0.1) is 16.6 Å². The van der Waals surface area contributed by atoms with Crippen molar-refractivity contribution in [1.29, 1.82) is 0 Å². The number of nitrogens with one attached hydrogen (secondary N) is 3. The molecular weight excluding hydrogens is 1160 g/mol. The van der Waals surface area contributed by atoms with Gasteiger partial charge < -0.3 is 66.3 Å². The molecule has 0 spiro atoms. The smallest absolute Gasteiger partial charge is 0.247 e. The van der Waals surface area contributed by atoms with Gasteiger partial charge in [0.15, 0.2) is 6.04 Å². The number of hydrogen-bond acceptors (Lipinski definition) is 20. The highest BCUT2D eigenvalue weighted by Gasteiger charge is 2.29. The minimum Gasteiger partial charge on any atom is -0.394 e. The number of carbonyl (C=O) groups is 4. The summed E-state index contributed by atoms with van der Waals surface area (Å²) in [5, 5.41) is 36.3. The second-order valence-corrected chi connectivity index (χ2v) is 24.2. The molecule has 3 aromatic heterocycles. The van der Waals surface area contributed by atoms with Crippen LogP contribution in [0.25, 0.3) is 0 Å². The summed E-state index contributed by atoms with van der Waals surface area (Å²) in [7, 11) is 0. The first-order valence-corrected chi connectivity index (χ1v) is 34.7. The summed E-state index contributed by atoms with van der Waals surface area (Å²) in [6.07, 6.45) is 35.0. The van der Waals surface area contributed by atoms with Crippen molar-refractivity contribution in [3.63, 3.8) is 0 Å². The fourth-order valence-corrected chi connectivity index (χ4v) is 11.3. The summed E-state index contributed by atoms with van der Waals surface area (Å²) in [6, 6.07) is -1.16. The molecule has 0 bridgehead atoms. The minimum absolute atomic E-state index is 0.0107. The molecule has 8 N–H and O–H groups in total. The summed E-state index contributed by atoms with van der Waals surface area (Å²) in [5.41, 5.74) is 12.9. The highest BCUT2D eigenvalue weighted by atomic mass is 16.5. The number of nitrogens with two attached hydrogens (primary N) is 2. The maximum absolute atomic E-state index is 13.4. The third-order valence-electron chi connectivity index (χ3n) is 17.1. The number of rotatable bonds is 52. The summed E-state index contributed by atoms with van der Waals surface area (Å²) in [5.74, 6) is 4.27. The molecule has 0 radical (unpaired) electrons. The van der Waals surface area contributed by atoms with Gasteiger partial charge in [-0.05, 0) is 83.2 Å². The lowest BCUT2D eigenvalue weighted by Crippen LogP contribution is -2.50. The first-order chi connectivity index (χ1) is 44.6. The van der Waals surface area contributed by atoms with Gasteiger partial charge in [0.05, 0.1) is 51.0 Å². The zero-order valence-electron chi connectivity index (χ0n) is 55.5. The van der Waals surface area contributed by atoms with Crippen LogP contribution in [0.5, 0.6) is 0 Å². The van der Waals surface area contributed by atoms with Gasteiger partial charge in [-0.3, -0.25) is 19.2 Å². The number of ether oxygens (including phenoxy) is 3. The molecule has 512 valence electrons. The quantitative estimate of drug-likeness (QED) is 0.0297. The summed E-state index contributed by atoms with van der Waals surface area (Å²) in [4.78, 5) is 75.7. The van der Waals surface area contributed by atoms with Crippen LogP contribution < -0.4 is 37.2 Å². The topological polar surface area (TPSA) is 317 Å². The van der Waals surface area contributed by atoms with Crippen LogP contribution in [-0.4, -0.2) is 215 Å². The number of aliphatic hydroxyl groups is 1. The lowest BCUT2D eigenvalue weighted by molar-refractivity contribution is -0.132. The molecule has 0 saturated carbocycles. The van der Waals surface area contributed by atoms with Gasteiger partial charge in [-0.2, -0.15) is 15.0 Å². The van der Waals surface area contributed by atoms with Crippen molar-refractivity contribution in [1.82, 2.24) is 65.4 Å². The largest absolute Gasteiger partial charge is 0.394 e. The molecule has 5 heterocycles. The van der Waals surface area contributed by atoms with Crippen molar-refractivity contribution in [2.75, 3.05) is 146 Å². The van der Waals surface area contributed by atoms with Crippen LogP contribution in [0.1, 0.15) is 198 Å². The Bertz CT molecular complexity index is 2480. The Hall–Kier alpha value is -6.11. The van der Waals surface area contributed by atoms with Crippen molar-refractivity contribution in [2.45, 2.75) is 199 Å². The molecule has 4 amide bonds. The average Bonchev–Trinajstić information content (AvgIpc) is 1.73. The first-order valence-electron chi connectivity index (χ1n) is 34.7. The Morgan fingerprint density at radius 3 is 1.48 bits per heavy atom. The van der Waals surface area contributed by atoms with E-state index in [1.807, 2.05) is 16.0 Å². The van der Waals surface area contributed by atoms with Crippen LogP contribution in [0, 0.1) is 18.3 Å². The zero-order valence-corrected chi connectivity index (χ0v) is 55.5. The molecule has 5 rings (SSSR count). The SMILES string of the molecule is C#CCOCCOCCOCCNc1nc(N2CCN(C(=O)CCCCCCCCCCNC(=O)[C@H]([C@@H](C)CC)n3cc(CCCCCN)nn3)CC2)nc(N2CCN(C(=O)CCCCCCCCCCNC(=O)[C@H](CO)n3cc(CCCCCN)nn3)CC2)n1. The van der Waals surface area contributed by atoms with E-state index >= 15 is 0 Å². The molecule has 3 atom stereocenters. The van der Waals surface area contributed by atoms with Crippen molar-refractivity contribution in [3.8, 4) is 12.3 Å². The van der Waals surface area contributed by atoms with Crippen molar-refractivity contribution >= 4 is 41.5 Å². The number of hydrogen-bond donors (Lipinski definition) is 6. The Labute approximate surface area is 542 Å². The molecule has 2 fully saturated rings. The Morgan fingerprint density at radius 2 is 1.00 bits per heavy atom. The van der Waals surface area contributed by atoms with E-state index in [1.165, 1.54) is 4.68 Å². The first kappa shape index (κ1) is 75.6. The molecule has 26 nitrogen and oxygen atoms in total. The van der Waals surface area contributed by atoms with Crippen molar-refractivity contribution in [2.24, 2.45) is 17.4 Å². The van der Waals surface area contributed by atoms with Crippen LogP contribution in [0.3, 0.4) is 0 Å². The van der Waals surface area contributed by atoms with E-state index in [9.17, 15) is 24.3 Å². The second kappa shape index (κ2) is 46.9. The van der Waals surface area contributed by atoms with Crippen LogP contribution in [0.4, 0.5) is 17.8 Å². The van der Waals surface area contributed by atoms with Gasteiger partial charge in [0.2, 0.25) is 41.5 Å². The van der Waals surface area contributed by atoms with E-state index in [0.717, 1.165) is 172 Å². The number of carbonyl (C=O) groups excluding carboxylic acids is 4. The second-order valence-electron chi connectivity index (χ2n) is 24.2. The number of aromatic nitrogens is 9. The van der Waals surface area contributed by atoms with Gasteiger partial charge in [0.1, 0.15) is 12.6 Å². The highest BCUT2D eigenvalue weighted by molar-refractivity contribution is 5.81. The van der Waals surface area contributed by atoms with E-state index in [2.05, 4.69) is 66.1 Å². The third kappa shape index (κ3) is 30.0. The van der Waals surface area contributed by atoms with E-state index in [0.29, 0.717) is 149 Å². The summed E-state index contributed by atoms with van der Waals surface area (Å²) >= 11 is 0. The fraction of sp³-hybridized carbons (Fsp3) is 0.800. The molecule has 0 unspecified atom stereocenters. The predicted molar refractivity (Wildman–Crippen MR) is 354 cm³/mol.